The van der Waals surface area contributed by atoms with Crippen molar-refractivity contribution in [3.8, 4) is 0 Å². The summed E-state index contributed by atoms with van der Waals surface area (Å²) in [5.41, 5.74) is 0. The molecular weight excluding hydrogens is 484 g/mol. The van der Waals surface area contributed by atoms with Crippen molar-refractivity contribution in [2.45, 2.75) is 135 Å². The van der Waals surface area contributed by atoms with Crippen LogP contribution >= 0.6 is 12.6 Å². The number of rotatable bonds is 24. The fraction of sp³-hybridized carbons (Fsp3) is 0.808. The lowest BCUT2D eigenvalue weighted by Crippen LogP contribution is -2.42. The van der Waals surface area contributed by atoms with Gasteiger partial charge in [0.25, 0.3) is 0 Å². The third-order valence-electron chi connectivity index (χ3n) is 6.09. The Labute approximate surface area is 221 Å². The minimum Gasteiger partial charge on any atom is -0.481 e. The van der Waals surface area contributed by atoms with Gasteiger partial charge in [0.1, 0.15) is 6.04 Å². The standard InChI is InChI=1S/C26H46N2O7S/c1-20(26(35)36)27-23(30)19-18-21(25(33)34)28-22(29)16-14-12-10-8-6-4-2-3-5-7-9-11-13-15-17-24(31)32/h20-21H,2-19H2,1H3,(H,27,30)(H,28,29)(H,31,32)(H,33,34)(H,35,36)/t20-,21-/m0/s1. The number of hydrogen-bond acceptors (Lipinski definition) is 5. The van der Waals surface area contributed by atoms with Crippen molar-refractivity contribution in [2.75, 3.05) is 0 Å². The molecule has 0 heterocycles. The second kappa shape index (κ2) is 22.1. The van der Waals surface area contributed by atoms with E-state index in [0.717, 1.165) is 38.5 Å². The van der Waals surface area contributed by atoms with Crippen LogP contribution in [-0.4, -0.2) is 51.2 Å². The molecule has 0 fully saturated rings. The Morgan fingerprint density at radius 3 is 1.39 bits per heavy atom. The number of amides is 2. The number of carbonyl (C=O) groups excluding carboxylic acids is 3. The van der Waals surface area contributed by atoms with Gasteiger partial charge in [-0.05, 0) is 26.2 Å². The summed E-state index contributed by atoms with van der Waals surface area (Å²) in [5.74, 6) is -2.69. The van der Waals surface area contributed by atoms with E-state index in [1.165, 1.54) is 51.9 Å². The number of nitrogens with one attached hydrogen (secondary N) is 2. The average molecular weight is 531 g/mol. The first kappa shape index (κ1) is 33.9. The van der Waals surface area contributed by atoms with Crippen LogP contribution in [0.5, 0.6) is 0 Å². The zero-order valence-electron chi connectivity index (χ0n) is 21.8. The predicted octanol–water partition coefficient (Wildman–Crippen LogP) is 4.62. The van der Waals surface area contributed by atoms with Crippen molar-refractivity contribution in [1.29, 1.82) is 0 Å². The van der Waals surface area contributed by atoms with E-state index >= 15 is 0 Å². The fourth-order valence-electron chi connectivity index (χ4n) is 3.86. The van der Waals surface area contributed by atoms with E-state index in [1.807, 2.05) is 0 Å². The van der Waals surface area contributed by atoms with Crippen LogP contribution < -0.4 is 10.6 Å². The molecule has 0 aliphatic rings. The summed E-state index contributed by atoms with van der Waals surface area (Å²) in [6.45, 7) is 1.49. The van der Waals surface area contributed by atoms with E-state index in [1.54, 1.807) is 0 Å². The largest absolute Gasteiger partial charge is 0.481 e. The van der Waals surface area contributed by atoms with Crippen molar-refractivity contribution < 1.29 is 34.2 Å². The molecule has 0 spiro atoms. The number of unbranched alkanes of at least 4 members (excludes halogenated alkanes) is 13. The fourth-order valence-corrected chi connectivity index (χ4v) is 3.92. The second-order valence-electron chi connectivity index (χ2n) is 9.47. The van der Waals surface area contributed by atoms with Crippen molar-refractivity contribution >= 4 is 41.5 Å². The van der Waals surface area contributed by atoms with E-state index in [9.17, 15) is 29.1 Å². The van der Waals surface area contributed by atoms with Crippen molar-refractivity contribution in [3.63, 3.8) is 0 Å². The summed E-state index contributed by atoms with van der Waals surface area (Å²) in [6, 6.07) is -1.89. The van der Waals surface area contributed by atoms with E-state index in [-0.39, 0.29) is 31.6 Å². The Morgan fingerprint density at radius 1 is 0.611 bits per heavy atom. The molecular formula is C26H46N2O7S. The average Bonchev–Trinajstić information content (AvgIpc) is 2.80. The zero-order chi connectivity index (χ0) is 27.2. The molecule has 2 amide bonds. The summed E-state index contributed by atoms with van der Waals surface area (Å²) in [5, 5.41) is 22.3. The molecule has 4 N–H and O–H groups in total. The van der Waals surface area contributed by atoms with Gasteiger partial charge in [-0.25, -0.2) is 4.79 Å². The van der Waals surface area contributed by atoms with E-state index < -0.39 is 35.0 Å². The van der Waals surface area contributed by atoms with Gasteiger partial charge in [-0.2, -0.15) is 0 Å². The zero-order valence-corrected chi connectivity index (χ0v) is 22.7. The molecule has 0 aromatic carbocycles. The molecule has 0 aromatic rings. The molecule has 0 aliphatic heterocycles. The molecule has 2 atom stereocenters. The van der Waals surface area contributed by atoms with Crippen LogP contribution in [0.4, 0.5) is 0 Å². The number of thiol groups is 1. The summed E-state index contributed by atoms with van der Waals surface area (Å²) in [4.78, 5) is 56.7. The van der Waals surface area contributed by atoms with Gasteiger partial charge in [0.05, 0.1) is 6.04 Å². The van der Waals surface area contributed by atoms with Gasteiger partial charge in [-0.3, -0.25) is 19.2 Å². The van der Waals surface area contributed by atoms with Crippen molar-refractivity contribution in [3.05, 3.63) is 0 Å². The molecule has 36 heavy (non-hydrogen) atoms. The lowest BCUT2D eigenvalue weighted by Gasteiger charge is -2.15. The quantitative estimate of drug-likeness (QED) is 0.0902. The Kier molecular flexibility index (Phi) is 20.8. The first-order valence-electron chi connectivity index (χ1n) is 13.4. The smallest absolute Gasteiger partial charge is 0.326 e. The first-order chi connectivity index (χ1) is 17.1. The van der Waals surface area contributed by atoms with Crippen LogP contribution in [0, 0.1) is 0 Å². The minimum atomic E-state index is -1.19. The Balaban J connectivity index is 3.67. The molecule has 0 rings (SSSR count). The van der Waals surface area contributed by atoms with Gasteiger partial charge in [0.2, 0.25) is 16.9 Å². The molecule has 208 valence electrons. The Morgan fingerprint density at radius 2 is 1.00 bits per heavy atom. The summed E-state index contributed by atoms with van der Waals surface area (Å²) < 4.78 is 0. The number of carboxylic acids is 2. The maximum absolute atomic E-state index is 12.1. The summed E-state index contributed by atoms with van der Waals surface area (Å²) in [6.07, 6.45) is 15.6. The van der Waals surface area contributed by atoms with Gasteiger partial charge in [-0.15, -0.1) is 12.6 Å². The van der Waals surface area contributed by atoms with Crippen LogP contribution in [-0.2, 0) is 24.0 Å². The van der Waals surface area contributed by atoms with Crippen molar-refractivity contribution in [2.24, 2.45) is 0 Å². The predicted molar refractivity (Wildman–Crippen MR) is 142 cm³/mol. The first-order valence-corrected chi connectivity index (χ1v) is 13.8. The topological polar surface area (TPSA) is 150 Å². The van der Waals surface area contributed by atoms with E-state index in [4.69, 9.17) is 5.11 Å². The molecule has 0 saturated heterocycles. The molecule has 0 bridgehead atoms. The van der Waals surface area contributed by atoms with E-state index in [0.29, 0.717) is 6.42 Å². The molecule has 0 aliphatic carbocycles. The van der Waals surface area contributed by atoms with Gasteiger partial charge in [0, 0.05) is 19.3 Å². The molecule has 9 nitrogen and oxygen atoms in total. The van der Waals surface area contributed by atoms with Crippen molar-refractivity contribution in [1.82, 2.24) is 10.6 Å². The molecule has 0 unspecified atom stereocenters. The van der Waals surface area contributed by atoms with Crippen LogP contribution in [0.25, 0.3) is 0 Å². The summed E-state index contributed by atoms with van der Waals surface area (Å²) in [7, 11) is 0. The SMILES string of the molecule is C[C@H](NC(=O)CC[C@H](NC(=O)CCCCCCCCCCCCCCCCC(=O)O)C(=O)O)C(=O)S. The van der Waals surface area contributed by atoms with Crippen LogP contribution in [0.15, 0.2) is 0 Å². The number of aliphatic carboxylic acids is 2. The normalized spacial score (nSPS) is 12.5. The lowest BCUT2D eigenvalue weighted by atomic mass is 10.0. The Hall–Kier alpha value is -2.10. The maximum Gasteiger partial charge on any atom is 0.326 e. The van der Waals surface area contributed by atoms with Crippen LogP contribution in [0.3, 0.4) is 0 Å². The second-order valence-corrected chi connectivity index (χ2v) is 9.91. The van der Waals surface area contributed by atoms with Gasteiger partial charge in [-0.1, -0.05) is 77.0 Å². The molecule has 10 heteroatoms. The van der Waals surface area contributed by atoms with E-state index in [2.05, 4.69) is 23.3 Å². The highest BCUT2D eigenvalue weighted by Gasteiger charge is 2.21. The number of carboxylic acid groups (broad SMARTS) is 2. The van der Waals surface area contributed by atoms with Crippen LogP contribution in [0.2, 0.25) is 0 Å². The third kappa shape index (κ3) is 21.2. The third-order valence-corrected chi connectivity index (χ3v) is 6.47. The summed E-state index contributed by atoms with van der Waals surface area (Å²) >= 11 is 3.63. The van der Waals surface area contributed by atoms with Gasteiger partial charge >= 0.3 is 11.9 Å². The highest BCUT2D eigenvalue weighted by molar-refractivity contribution is 7.96. The van der Waals surface area contributed by atoms with Gasteiger partial charge in [0.15, 0.2) is 0 Å². The van der Waals surface area contributed by atoms with Crippen LogP contribution in [0.1, 0.15) is 122 Å². The highest BCUT2D eigenvalue weighted by Crippen LogP contribution is 2.14. The monoisotopic (exact) mass is 530 g/mol. The maximum atomic E-state index is 12.1. The lowest BCUT2D eigenvalue weighted by molar-refractivity contribution is -0.142. The number of carbonyl (C=O) groups is 5. The van der Waals surface area contributed by atoms with Gasteiger partial charge < -0.3 is 20.8 Å². The highest BCUT2D eigenvalue weighted by atomic mass is 32.1. The molecule has 0 saturated carbocycles. The number of hydrogen-bond donors (Lipinski definition) is 5. The molecule has 0 aromatic heterocycles. The Bertz CT molecular complexity index is 673. The molecule has 0 radical (unpaired) electrons. The minimum absolute atomic E-state index is 0.0484.